The van der Waals surface area contributed by atoms with E-state index in [-0.39, 0.29) is 0 Å². The number of aliphatic hydroxyl groups excluding tert-OH is 2. The van der Waals surface area contributed by atoms with Crippen LogP contribution in [-0.2, 0) is 0 Å². The summed E-state index contributed by atoms with van der Waals surface area (Å²) in [6.45, 7) is 0.616. The third kappa shape index (κ3) is 12.6. The fourth-order valence-electron chi connectivity index (χ4n) is 1.10. The van der Waals surface area contributed by atoms with Gasteiger partial charge >= 0.3 is 0 Å². The molecule has 0 bridgehead atoms. The number of unbranched alkanes of at least 4 members (excludes halogenated alkanes) is 3. The van der Waals surface area contributed by atoms with Crippen molar-refractivity contribution in [3.63, 3.8) is 0 Å². The SMILES string of the molecule is OCCSCCCCCCSCCO. The van der Waals surface area contributed by atoms with Crippen LogP contribution in [-0.4, -0.2) is 46.4 Å². The van der Waals surface area contributed by atoms with Crippen molar-refractivity contribution >= 4 is 23.5 Å². The normalized spacial score (nSPS) is 10.7. The molecular weight excluding hydrogens is 216 g/mol. The zero-order valence-electron chi connectivity index (χ0n) is 8.78. The van der Waals surface area contributed by atoms with Crippen LogP contribution in [0.5, 0.6) is 0 Å². The van der Waals surface area contributed by atoms with Crippen molar-refractivity contribution in [1.82, 2.24) is 0 Å². The zero-order chi connectivity index (χ0) is 10.5. The van der Waals surface area contributed by atoms with Crippen molar-refractivity contribution < 1.29 is 10.2 Å². The van der Waals surface area contributed by atoms with Crippen LogP contribution in [0.1, 0.15) is 25.7 Å². The van der Waals surface area contributed by atoms with Gasteiger partial charge in [-0.1, -0.05) is 12.8 Å². The van der Waals surface area contributed by atoms with Gasteiger partial charge in [-0.2, -0.15) is 23.5 Å². The smallest absolute Gasteiger partial charge is 0.0521 e. The summed E-state index contributed by atoms with van der Waals surface area (Å²) in [6, 6.07) is 0. The molecule has 0 amide bonds. The maximum Gasteiger partial charge on any atom is 0.0521 e. The summed E-state index contributed by atoms with van der Waals surface area (Å²) >= 11 is 3.67. The highest BCUT2D eigenvalue weighted by Gasteiger charge is 1.92. The van der Waals surface area contributed by atoms with Gasteiger partial charge in [-0.15, -0.1) is 0 Å². The summed E-state index contributed by atoms with van der Waals surface area (Å²) in [5.74, 6) is 4.13. The molecular formula is C10H22O2S2. The Morgan fingerprint density at radius 1 is 0.571 bits per heavy atom. The summed E-state index contributed by atoms with van der Waals surface area (Å²) in [5, 5.41) is 17.1. The van der Waals surface area contributed by atoms with Crippen molar-refractivity contribution in [3.8, 4) is 0 Å². The molecule has 2 nitrogen and oxygen atoms in total. The fourth-order valence-corrected chi connectivity index (χ4v) is 2.58. The number of hydrogen-bond donors (Lipinski definition) is 2. The first kappa shape index (κ1) is 14.6. The molecule has 0 saturated heterocycles. The third-order valence-corrected chi connectivity index (χ3v) is 3.90. The molecule has 0 unspecified atom stereocenters. The van der Waals surface area contributed by atoms with E-state index in [1.54, 1.807) is 0 Å². The molecule has 0 aromatic heterocycles. The van der Waals surface area contributed by atoms with Crippen molar-refractivity contribution in [2.75, 3.05) is 36.2 Å². The van der Waals surface area contributed by atoms with E-state index in [1.807, 2.05) is 23.5 Å². The molecule has 0 aliphatic heterocycles. The van der Waals surface area contributed by atoms with Crippen LogP contribution < -0.4 is 0 Å². The quantitative estimate of drug-likeness (QED) is 0.540. The van der Waals surface area contributed by atoms with E-state index in [9.17, 15) is 0 Å². The Labute approximate surface area is 95.9 Å². The largest absolute Gasteiger partial charge is 0.396 e. The van der Waals surface area contributed by atoms with E-state index in [4.69, 9.17) is 10.2 Å². The molecule has 0 aromatic carbocycles. The van der Waals surface area contributed by atoms with Gasteiger partial charge in [0.1, 0.15) is 0 Å². The maximum atomic E-state index is 8.55. The lowest BCUT2D eigenvalue weighted by molar-refractivity contribution is 0.322. The highest BCUT2D eigenvalue weighted by molar-refractivity contribution is 7.99. The monoisotopic (exact) mass is 238 g/mol. The van der Waals surface area contributed by atoms with Crippen LogP contribution in [0.2, 0.25) is 0 Å². The minimum absolute atomic E-state index is 0.308. The molecule has 0 saturated carbocycles. The van der Waals surface area contributed by atoms with Gasteiger partial charge in [0.05, 0.1) is 13.2 Å². The summed E-state index contributed by atoms with van der Waals surface area (Å²) in [5.41, 5.74) is 0. The van der Waals surface area contributed by atoms with E-state index in [1.165, 1.54) is 37.2 Å². The van der Waals surface area contributed by atoms with Crippen molar-refractivity contribution in [3.05, 3.63) is 0 Å². The molecule has 0 aliphatic rings. The number of thioether (sulfide) groups is 2. The topological polar surface area (TPSA) is 40.5 Å². The molecule has 0 aromatic rings. The van der Waals surface area contributed by atoms with E-state index < -0.39 is 0 Å². The van der Waals surface area contributed by atoms with Crippen LogP contribution >= 0.6 is 23.5 Å². The van der Waals surface area contributed by atoms with Crippen LogP contribution in [0.15, 0.2) is 0 Å². The summed E-state index contributed by atoms with van der Waals surface area (Å²) < 4.78 is 0. The Hall–Kier alpha value is 0.620. The lowest BCUT2D eigenvalue weighted by Gasteiger charge is -2.01. The molecule has 2 N–H and O–H groups in total. The van der Waals surface area contributed by atoms with Gasteiger partial charge in [-0.25, -0.2) is 0 Å². The Kier molecular flexibility index (Phi) is 14.2. The number of hydrogen-bond acceptors (Lipinski definition) is 4. The molecule has 14 heavy (non-hydrogen) atoms. The van der Waals surface area contributed by atoms with Gasteiger partial charge < -0.3 is 10.2 Å². The number of rotatable bonds is 11. The minimum Gasteiger partial charge on any atom is -0.396 e. The fraction of sp³-hybridized carbons (Fsp3) is 1.00. The first-order chi connectivity index (χ1) is 6.91. The molecule has 86 valence electrons. The summed E-state index contributed by atoms with van der Waals surface area (Å²) in [7, 11) is 0. The minimum atomic E-state index is 0.308. The Balaban J connectivity index is 2.78. The Morgan fingerprint density at radius 2 is 1.00 bits per heavy atom. The predicted octanol–water partition coefficient (Wildman–Crippen LogP) is 2.00. The second kappa shape index (κ2) is 13.6. The molecule has 0 radical (unpaired) electrons. The molecule has 0 heterocycles. The van der Waals surface area contributed by atoms with E-state index in [0.717, 1.165) is 11.5 Å². The molecule has 0 fully saturated rings. The van der Waals surface area contributed by atoms with Crippen LogP contribution in [0.3, 0.4) is 0 Å². The Bertz CT molecular complexity index is 90.1. The average Bonchev–Trinajstić information content (AvgIpc) is 2.21. The molecule has 0 spiro atoms. The highest BCUT2D eigenvalue weighted by atomic mass is 32.2. The second-order valence-corrected chi connectivity index (χ2v) is 5.54. The average molecular weight is 238 g/mol. The van der Waals surface area contributed by atoms with Crippen LogP contribution in [0.4, 0.5) is 0 Å². The third-order valence-electron chi connectivity index (χ3n) is 1.80. The number of aliphatic hydroxyl groups is 2. The first-order valence-corrected chi connectivity index (χ1v) is 7.60. The van der Waals surface area contributed by atoms with E-state index in [2.05, 4.69) is 0 Å². The van der Waals surface area contributed by atoms with Gasteiger partial charge in [0.2, 0.25) is 0 Å². The lowest BCUT2D eigenvalue weighted by Crippen LogP contribution is -1.90. The van der Waals surface area contributed by atoms with Gasteiger partial charge in [-0.3, -0.25) is 0 Å². The molecule has 0 rings (SSSR count). The zero-order valence-corrected chi connectivity index (χ0v) is 10.4. The van der Waals surface area contributed by atoms with E-state index >= 15 is 0 Å². The Morgan fingerprint density at radius 3 is 1.36 bits per heavy atom. The van der Waals surface area contributed by atoms with Gasteiger partial charge in [0, 0.05) is 11.5 Å². The van der Waals surface area contributed by atoms with Gasteiger partial charge in [0.15, 0.2) is 0 Å². The van der Waals surface area contributed by atoms with E-state index in [0.29, 0.717) is 13.2 Å². The highest BCUT2D eigenvalue weighted by Crippen LogP contribution is 2.09. The van der Waals surface area contributed by atoms with Crippen molar-refractivity contribution in [2.24, 2.45) is 0 Å². The van der Waals surface area contributed by atoms with Crippen molar-refractivity contribution in [1.29, 1.82) is 0 Å². The standard InChI is InChI=1S/C10H22O2S2/c11-5-9-13-7-3-1-2-4-8-14-10-6-12/h11-12H,1-10H2. The summed E-state index contributed by atoms with van der Waals surface area (Å²) in [4.78, 5) is 0. The van der Waals surface area contributed by atoms with Crippen molar-refractivity contribution in [2.45, 2.75) is 25.7 Å². The van der Waals surface area contributed by atoms with Gasteiger partial charge in [0.25, 0.3) is 0 Å². The molecule has 0 aliphatic carbocycles. The molecule has 4 heteroatoms. The first-order valence-electron chi connectivity index (χ1n) is 5.29. The lowest BCUT2D eigenvalue weighted by atomic mass is 10.2. The predicted molar refractivity (Wildman–Crippen MR) is 67.3 cm³/mol. The van der Waals surface area contributed by atoms with Crippen LogP contribution in [0.25, 0.3) is 0 Å². The maximum absolute atomic E-state index is 8.55. The van der Waals surface area contributed by atoms with Gasteiger partial charge in [-0.05, 0) is 24.3 Å². The molecule has 0 atom stereocenters. The van der Waals surface area contributed by atoms with Crippen LogP contribution in [0, 0.1) is 0 Å². The summed E-state index contributed by atoms with van der Waals surface area (Å²) in [6.07, 6.45) is 5.15. The second-order valence-electron chi connectivity index (χ2n) is 3.09.